The van der Waals surface area contributed by atoms with E-state index in [1.807, 2.05) is 6.26 Å². The van der Waals surface area contributed by atoms with Crippen molar-refractivity contribution < 1.29 is 8.42 Å². The maximum absolute atomic E-state index is 11.5. The standard InChI is InChI=1S/C6H8N2O2S3/c1-11-3-2-13(9,10)5-4(3)8-6(7)12-5/h2,4-5H,1H3,(H2,7,8)/t4-,5-/m1/s1. The maximum atomic E-state index is 11.5. The van der Waals surface area contributed by atoms with E-state index in [-0.39, 0.29) is 6.04 Å². The first-order valence-electron chi connectivity index (χ1n) is 3.54. The second kappa shape index (κ2) is 2.93. The van der Waals surface area contributed by atoms with Gasteiger partial charge in [-0.1, -0.05) is 11.8 Å². The van der Waals surface area contributed by atoms with Crippen molar-refractivity contribution in [3.8, 4) is 0 Å². The van der Waals surface area contributed by atoms with Gasteiger partial charge in [-0.25, -0.2) is 8.42 Å². The Bertz CT molecular complexity index is 398. The second-order valence-electron chi connectivity index (χ2n) is 2.71. The van der Waals surface area contributed by atoms with E-state index >= 15 is 0 Å². The highest BCUT2D eigenvalue weighted by molar-refractivity contribution is 8.24. The van der Waals surface area contributed by atoms with Gasteiger partial charge in [0, 0.05) is 10.3 Å². The Labute approximate surface area is 85.0 Å². The van der Waals surface area contributed by atoms with Gasteiger partial charge < -0.3 is 5.73 Å². The van der Waals surface area contributed by atoms with Gasteiger partial charge in [0.05, 0.1) is 0 Å². The lowest BCUT2D eigenvalue weighted by molar-refractivity contribution is 0.602. The summed E-state index contributed by atoms with van der Waals surface area (Å²) in [5.74, 6) is 0. The number of fused-ring (bicyclic) bond motifs is 1. The van der Waals surface area contributed by atoms with Crippen molar-refractivity contribution in [3.05, 3.63) is 10.3 Å². The Balaban J connectivity index is 2.44. The van der Waals surface area contributed by atoms with Crippen molar-refractivity contribution in [3.63, 3.8) is 0 Å². The number of hydrogen-bond donors (Lipinski definition) is 1. The van der Waals surface area contributed by atoms with E-state index in [0.717, 1.165) is 16.7 Å². The zero-order chi connectivity index (χ0) is 9.64. The van der Waals surface area contributed by atoms with Crippen molar-refractivity contribution in [1.29, 1.82) is 0 Å². The summed E-state index contributed by atoms with van der Waals surface area (Å²) in [5.41, 5.74) is 5.48. The average molecular weight is 236 g/mol. The lowest BCUT2D eigenvalue weighted by atomic mass is 10.3. The summed E-state index contributed by atoms with van der Waals surface area (Å²) < 4.78 is 22.5. The number of rotatable bonds is 1. The summed E-state index contributed by atoms with van der Waals surface area (Å²) in [4.78, 5) is 4.88. The maximum Gasteiger partial charge on any atom is 0.187 e. The minimum absolute atomic E-state index is 0.259. The highest BCUT2D eigenvalue weighted by Crippen LogP contribution is 2.42. The molecule has 7 heteroatoms. The third-order valence-electron chi connectivity index (χ3n) is 1.89. The number of aliphatic imine (C=N–C) groups is 1. The van der Waals surface area contributed by atoms with E-state index in [9.17, 15) is 8.42 Å². The molecule has 0 aromatic carbocycles. The molecule has 0 radical (unpaired) electrons. The van der Waals surface area contributed by atoms with Crippen LogP contribution in [0.5, 0.6) is 0 Å². The van der Waals surface area contributed by atoms with Gasteiger partial charge in [-0.3, -0.25) is 4.99 Å². The van der Waals surface area contributed by atoms with Gasteiger partial charge in [-0.05, 0) is 6.26 Å². The molecule has 0 amide bonds. The van der Waals surface area contributed by atoms with E-state index in [2.05, 4.69) is 4.99 Å². The van der Waals surface area contributed by atoms with Gasteiger partial charge in [0.2, 0.25) is 0 Å². The lowest BCUT2D eigenvalue weighted by Crippen LogP contribution is -2.19. The molecule has 0 bridgehead atoms. The third kappa shape index (κ3) is 1.38. The van der Waals surface area contributed by atoms with Crippen LogP contribution in [0.2, 0.25) is 0 Å². The van der Waals surface area contributed by atoms with Crippen LogP contribution in [0.4, 0.5) is 0 Å². The van der Waals surface area contributed by atoms with Gasteiger partial charge in [0.1, 0.15) is 10.6 Å². The van der Waals surface area contributed by atoms with E-state index in [1.165, 1.54) is 17.2 Å². The number of amidine groups is 1. The summed E-state index contributed by atoms with van der Waals surface area (Å²) in [6.45, 7) is 0. The van der Waals surface area contributed by atoms with Crippen LogP contribution in [0.1, 0.15) is 0 Å². The molecular formula is C6H8N2O2S3. The van der Waals surface area contributed by atoms with Crippen LogP contribution in [0, 0.1) is 0 Å². The second-order valence-corrected chi connectivity index (χ2v) is 6.97. The van der Waals surface area contributed by atoms with Crippen LogP contribution in [-0.2, 0) is 9.84 Å². The zero-order valence-corrected chi connectivity index (χ0v) is 9.25. The van der Waals surface area contributed by atoms with Crippen molar-refractivity contribution >= 4 is 38.5 Å². The van der Waals surface area contributed by atoms with Crippen molar-refractivity contribution in [2.45, 2.75) is 10.6 Å². The van der Waals surface area contributed by atoms with Crippen LogP contribution in [0.25, 0.3) is 0 Å². The van der Waals surface area contributed by atoms with E-state index in [4.69, 9.17) is 5.73 Å². The Morgan fingerprint density at radius 1 is 1.69 bits per heavy atom. The van der Waals surface area contributed by atoms with Crippen LogP contribution in [-0.4, -0.2) is 30.5 Å². The zero-order valence-electron chi connectivity index (χ0n) is 6.80. The Morgan fingerprint density at radius 3 is 3.00 bits per heavy atom. The predicted octanol–water partition coefficient (Wildman–Crippen LogP) is 0.375. The van der Waals surface area contributed by atoms with Gasteiger partial charge >= 0.3 is 0 Å². The number of nitrogens with two attached hydrogens (primary N) is 1. The highest BCUT2D eigenvalue weighted by Gasteiger charge is 2.45. The molecule has 13 heavy (non-hydrogen) atoms. The minimum Gasteiger partial charge on any atom is -0.378 e. The Morgan fingerprint density at radius 2 is 2.38 bits per heavy atom. The molecule has 0 aliphatic carbocycles. The number of hydrogen-bond acceptors (Lipinski definition) is 6. The molecule has 0 saturated carbocycles. The Hall–Kier alpha value is -0.140. The number of thioether (sulfide) groups is 2. The summed E-state index contributed by atoms with van der Waals surface area (Å²) in [5, 5.41) is 1.69. The van der Waals surface area contributed by atoms with Crippen LogP contribution in [0.3, 0.4) is 0 Å². The largest absolute Gasteiger partial charge is 0.378 e. The average Bonchev–Trinajstić information content (AvgIpc) is 2.51. The first-order valence-corrected chi connectivity index (χ1v) is 7.25. The summed E-state index contributed by atoms with van der Waals surface area (Å²) in [6.07, 6.45) is 1.85. The molecule has 0 unspecified atom stereocenters. The van der Waals surface area contributed by atoms with Crippen molar-refractivity contribution in [2.75, 3.05) is 6.26 Å². The summed E-state index contributed by atoms with van der Waals surface area (Å²) in [6, 6.07) is -0.259. The fourth-order valence-electron chi connectivity index (χ4n) is 1.32. The van der Waals surface area contributed by atoms with Gasteiger partial charge in [-0.15, -0.1) is 11.8 Å². The lowest BCUT2D eigenvalue weighted by Gasteiger charge is -2.06. The molecule has 2 atom stereocenters. The predicted molar refractivity (Wildman–Crippen MR) is 57.3 cm³/mol. The molecule has 0 fully saturated rings. The Kier molecular flexibility index (Phi) is 2.12. The fourth-order valence-corrected chi connectivity index (χ4v) is 5.63. The SMILES string of the molecule is CSC1=CS(=O)(=O)[C@H]2SC(N)=N[C@H]12. The van der Waals surface area contributed by atoms with Crippen LogP contribution < -0.4 is 5.73 Å². The molecule has 72 valence electrons. The monoisotopic (exact) mass is 236 g/mol. The quantitative estimate of drug-likeness (QED) is 0.712. The van der Waals surface area contributed by atoms with E-state index < -0.39 is 14.4 Å². The molecule has 0 spiro atoms. The van der Waals surface area contributed by atoms with Crippen LogP contribution >= 0.6 is 23.5 Å². The molecule has 4 nitrogen and oxygen atoms in total. The van der Waals surface area contributed by atoms with E-state index in [0.29, 0.717) is 5.17 Å². The normalized spacial score (nSPS) is 35.5. The topological polar surface area (TPSA) is 72.5 Å². The minimum atomic E-state index is -3.13. The summed E-state index contributed by atoms with van der Waals surface area (Å²) >= 11 is 2.56. The van der Waals surface area contributed by atoms with Gasteiger partial charge in [-0.2, -0.15) is 0 Å². The molecule has 0 saturated heterocycles. The molecule has 2 rings (SSSR count). The van der Waals surface area contributed by atoms with Crippen molar-refractivity contribution in [1.82, 2.24) is 0 Å². The van der Waals surface area contributed by atoms with E-state index in [1.54, 1.807) is 0 Å². The molecule has 2 aliphatic rings. The molecule has 0 aromatic rings. The fraction of sp³-hybridized carbons (Fsp3) is 0.500. The summed E-state index contributed by atoms with van der Waals surface area (Å²) in [7, 11) is -3.13. The first kappa shape index (κ1) is 9.42. The molecule has 2 heterocycles. The van der Waals surface area contributed by atoms with Gasteiger partial charge in [0.25, 0.3) is 0 Å². The highest BCUT2D eigenvalue weighted by atomic mass is 32.3. The van der Waals surface area contributed by atoms with Gasteiger partial charge in [0.15, 0.2) is 15.0 Å². The van der Waals surface area contributed by atoms with Crippen molar-refractivity contribution in [2.24, 2.45) is 10.7 Å². The molecule has 2 N–H and O–H groups in total. The first-order chi connectivity index (χ1) is 6.04. The number of sulfone groups is 1. The molecular weight excluding hydrogens is 228 g/mol. The molecule has 2 aliphatic heterocycles. The van der Waals surface area contributed by atoms with Crippen LogP contribution in [0.15, 0.2) is 15.3 Å². The number of nitrogens with zero attached hydrogens (tertiary/aromatic N) is 1. The smallest absolute Gasteiger partial charge is 0.187 e. The molecule has 0 aromatic heterocycles. The third-order valence-corrected chi connectivity index (χ3v) is 6.29.